The third-order valence-corrected chi connectivity index (χ3v) is 5.14. The summed E-state index contributed by atoms with van der Waals surface area (Å²) in [5.41, 5.74) is 2.12. The highest BCUT2D eigenvalue weighted by molar-refractivity contribution is 7.99. The summed E-state index contributed by atoms with van der Waals surface area (Å²) in [6, 6.07) is 10.4. The van der Waals surface area contributed by atoms with Crippen molar-refractivity contribution in [2.75, 3.05) is 25.2 Å². The first-order valence-electron chi connectivity index (χ1n) is 8.84. The van der Waals surface area contributed by atoms with Gasteiger partial charge in [-0.1, -0.05) is 23.4 Å². The summed E-state index contributed by atoms with van der Waals surface area (Å²) in [4.78, 5) is 24.5. The molecule has 0 saturated carbocycles. The van der Waals surface area contributed by atoms with E-state index in [1.54, 1.807) is 44.4 Å². The zero-order valence-electron chi connectivity index (χ0n) is 16.5. The average Bonchev–Trinajstić information content (AvgIpc) is 3.22. The molecule has 0 aliphatic heterocycles. The van der Waals surface area contributed by atoms with Crippen molar-refractivity contribution in [1.82, 2.24) is 15.5 Å². The van der Waals surface area contributed by atoms with Gasteiger partial charge >= 0.3 is 0 Å². The van der Waals surface area contributed by atoms with E-state index in [1.807, 2.05) is 0 Å². The highest BCUT2D eigenvalue weighted by atomic mass is 35.5. The lowest BCUT2D eigenvalue weighted by Gasteiger charge is -2.13. The Labute approximate surface area is 182 Å². The number of halogens is 1. The van der Waals surface area contributed by atoms with Crippen molar-refractivity contribution in [2.24, 2.45) is 0 Å². The van der Waals surface area contributed by atoms with Gasteiger partial charge < -0.3 is 19.8 Å². The van der Waals surface area contributed by atoms with Gasteiger partial charge in [0.2, 0.25) is 11.8 Å². The quantitative estimate of drug-likeness (QED) is 0.531. The molecule has 0 fully saturated rings. The molecule has 0 aliphatic rings. The van der Waals surface area contributed by atoms with Gasteiger partial charge in [0.1, 0.15) is 5.75 Å². The number of hydrogen-bond donors (Lipinski definition) is 2. The molecule has 2 N–H and O–H groups in total. The predicted octanol–water partition coefficient (Wildman–Crippen LogP) is 3.80. The van der Waals surface area contributed by atoms with E-state index in [-0.39, 0.29) is 22.8 Å². The molecular weight excluding hydrogens is 428 g/mol. The molecule has 0 bridgehead atoms. The van der Waals surface area contributed by atoms with E-state index >= 15 is 0 Å². The number of amides is 2. The lowest BCUT2D eigenvalue weighted by Crippen LogP contribution is -2.23. The molecule has 3 rings (SSSR count). The lowest BCUT2D eigenvalue weighted by molar-refractivity contribution is -0.113. The smallest absolute Gasteiger partial charge is 0.277 e. The van der Waals surface area contributed by atoms with Crippen molar-refractivity contribution in [1.29, 1.82) is 0 Å². The van der Waals surface area contributed by atoms with Crippen LogP contribution < -0.4 is 15.4 Å². The average molecular weight is 447 g/mol. The van der Waals surface area contributed by atoms with Crippen LogP contribution in [-0.2, 0) is 4.79 Å². The molecule has 0 radical (unpaired) electrons. The van der Waals surface area contributed by atoms with Gasteiger partial charge in [0.25, 0.3) is 11.1 Å². The highest BCUT2D eigenvalue weighted by Gasteiger charge is 2.17. The van der Waals surface area contributed by atoms with E-state index < -0.39 is 0 Å². The number of nitrogens with one attached hydrogen (secondary N) is 2. The van der Waals surface area contributed by atoms with Crippen molar-refractivity contribution in [2.45, 2.75) is 12.1 Å². The number of aryl methyl sites for hydroxylation is 1. The van der Waals surface area contributed by atoms with Crippen LogP contribution in [0.2, 0.25) is 5.02 Å². The zero-order valence-corrected chi connectivity index (χ0v) is 18.1. The van der Waals surface area contributed by atoms with Crippen molar-refractivity contribution >= 4 is 40.9 Å². The second kappa shape index (κ2) is 9.64. The summed E-state index contributed by atoms with van der Waals surface area (Å²) in [7, 11) is 3.10. The molecule has 1 aromatic heterocycles. The molecule has 2 aromatic carbocycles. The van der Waals surface area contributed by atoms with Crippen molar-refractivity contribution in [3.8, 4) is 17.2 Å². The maximum Gasteiger partial charge on any atom is 0.277 e. The third-order valence-electron chi connectivity index (χ3n) is 4.11. The Bertz CT molecular complexity index is 1070. The second-order valence-electron chi connectivity index (χ2n) is 6.16. The van der Waals surface area contributed by atoms with Crippen molar-refractivity contribution < 1.29 is 18.7 Å². The standard InChI is InChI=1S/C20H19ClN4O4S/c1-11-8-13(21)9-15(18(27)22-2)17(11)23-16(26)10-30-20-25-24-19(29-20)12-4-6-14(28-3)7-5-12/h4-9H,10H2,1-3H3,(H,22,27)(H,23,26). The largest absolute Gasteiger partial charge is 0.497 e. The number of aromatic nitrogens is 2. The van der Waals surface area contributed by atoms with Gasteiger partial charge in [-0.25, -0.2) is 0 Å². The van der Waals surface area contributed by atoms with E-state index in [2.05, 4.69) is 20.8 Å². The molecule has 0 saturated heterocycles. The van der Waals surface area contributed by atoms with Crippen LogP contribution in [0.25, 0.3) is 11.5 Å². The van der Waals surface area contributed by atoms with Crippen LogP contribution in [0.5, 0.6) is 5.75 Å². The van der Waals surface area contributed by atoms with Crippen molar-refractivity contribution in [3.63, 3.8) is 0 Å². The maximum absolute atomic E-state index is 12.4. The number of benzene rings is 2. The number of ether oxygens (including phenoxy) is 1. The van der Waals surface area contributed by atoms with Gasteiger partial charge in [-0.15, -0.1) is 10.2 Å². The fourth-order valence-corrected chi connectivity index (χ4v) is 3.48. The molecule has 156 valence electrons. The Hall–Kier alpha value is -3.04. The van der Waals surface area contributed by atoms with Crippen molar-refractivity contribution in [3.05, 3.63) is 52.5 Å². The summed E-state index contributed by atoms with van der Waals surface area (Å²) < 4.78 is 10.7. The van der Waals surface area contributed by atoms with Gasteiger partial charge in [0, 0.05) is 17.6 Å². The highest BCUT2D eigenvalue weighted by Crippen LogP contribution is 2.27. The van der Waals surface area contributed by atoms with Gasteiger partial charge in [-0.3, -0.25) is 9.59 Å². The van der Waals surface area contributed by atoms with Crippen LogP contribution in [0.1, 0.15) is 15.9 Å². The van der Waals surface area contributed by atoms with E-state index in [0.29, 0.717) is 27.7 Å². The summed E-state index contributed by atoms with van der Waals surface area (Å²) >= 11 is 7.14. The Balaban J connectivity index is 1.66. The van der Waals surface area contributed by atoms with Crippen LogP contribution in [0.4, 0.5) is 5.69 Å². The normalized spacial score (nSPS) is 10.5. The molecule has 0 spiro atoms. The van der Waals surface area contributed by atoms with Crippen LogP contribution in [-0.4, -0.2) is 41.9 Å². The fraction of sp³-hybridized carbons (Fsp3) is 0.200. The summed E-state index contributed by atoms with van der Waals surface area (Å²) in [6.07, 6.45) is 0. The fourth-order valence-electron chi connectivity index (χ4n) is 2.64. The maximum atomic E-state index is 12.4. The molecule has 2 amide bonds. The first kappa shape index (κ1) is 21.7. The first-order valence-corrected chi connectivity index (χ1v) is 10.2. The lowest BCUT2D eigenvalue weighted by atomic mass is 10.1. The Morgan fingerprint density at radius 1 is 1.20 bits per heavy atom. The van der Waals surface area contributed by atoms with Gasteiger partial charge in [0.15, 0.2) is 0 Å². The molecule has 0 atom stereocenters. The minimum Gasteiger partial charge on any atom is -0.497 e. The number of thioether (sulfide) groups is 1. The van der Waals surface area contributed by atoms with Gasteiger partial charge in [-0.05, 0) is 48.9 Å². The zero-order chi connectivity index (χ0) is 21.7. The topological polar surface area (TPSA) is 106 Å². The number of hydrogen-bond acceptors (Lipinski definition) is 7. The second-order valence-corrected chi connectivity index (χ2v) is 7.53. The predicted molar refractivity (Wildman–Crippen MR) is 115 cm³/mol. The monoisotopic (exact) mass is 446 g/mol. The number of carbonyl (C=O) groups is 2. The minimum atomic E-state index is -0.343. The molecule has 0 unspecified atom stereocenters. The van der Waals surface area contributed by atoms with Crippen LogP contribution >= 0.6 is 23.4 Å². The molecule has 3 aromatic rings. The Morgan fingerprint density at radius 2 is 1.93 bits per heavy atom. The Morgan fingerprint density at radius 3 is 2.60 bits per heavy atom. The molecule has 1 heterocycles. The number of nitrogens with zero attached hydrogens (tertiary/aromatic N) is 2. The van der Waals surface area contributed by atoms with E-state index in [9.17, 15) is 9.59 Å². The number of carbonyl (C=O) groups excluding carboxylic acids is 2. The first-order chi connectivity index (χ1) is 14.4. The van der Waals surface area contributed by atoms with E-state index in [1.165, 1.54) is 13.1 Å². The van der Waals surface area contributed by atoms with Crippen LogP contribution in [0.3, 0.4) is 0 Å². The molecule has 30 heavy (non-hydrogen) atoms. The summed E-state index contributed by atoms with van der Waals surface area (Å²) in [5, 5.41) is 13.9. The van der Waals surface area contributed by atoms with Crippen LogP contribution in [0, 0.1) is 6.92 Å². The van der Waals surface area contributed by atoms with E-state index in [4.69, 9.17) is 20.8 Å². The molecule has 0 aliphatic carbocycles. The minimum absolute atomic E-state index is 0.0273. The SMILES string of the molecule is CNC(=O)c1cc(Cl)cc(C)c1NC(=O)CSc1nnc(-c2ccc(OC)cc2)o1. The summed E-state index contributed by atoms with van der Waals surface area (Å²) in [5.74, 6) is 0.429. The molecule has 8 nitrogen and oxygen atoms in total. The number of anilines is 1. The van der Waals surface area contributed by atoms with Gasteiger partial charge in [0.05, 0.1) is 24.1 Å². The summed E-state index contributed by atoms with van der Waals surface area (Å²) in [6.45, 7) is 1.76. The number of rotatable bonds is 7. The Kier molecular flexibility index (Phi) is 6.96. The molecule has 10 heteroatoms. The number of methoxy groups -OCH3 is 1. The third kappa shape index (κ3) is 5.11. The van der Waals surface area contributed by atoms with Crippen LogP contribution in [0.15, 0.2) is 46.0 Å². The molecular formula is C20H19ClN4O4S. The van der Waals surface area contributed by atoms with Gasteiger partial charge in [-0.2, -0.15) is 0 Å². The van der Waals surface area contributed by atoms with E-state index in [0.717, 1.165) is 23.1 Å².